The van der Waals surface area contributed by atoms with Crippen molar-refractivity contribution in [1.82, 2.24) is 9.38 Å². The van der Waals surface area contributed by atoms with Gasteiger partial charge in [-0.3, -0.25) is 4.40 Å². The molecule has 0 spiro atoms. The minimum absolute atomic E-state index is 0.685. The zero-order valence-corrected chi connectivity index (χ0v) is 7.77. The highest BCUT2D eigenvalue weighted by Gasteiger charge is 2.07. The van der Waals surface area contributed by atoms with Crippen LogP contribution >= 0.6 is 11.3 Å². The molecule has 2 aromatic heterocycles. The van der Waals surface area contributed by atoms with E-state index in [-0.39, 0.29) is 0 Å². The lowest BCUT2D eigenvalue weighted by Crippen LogP contribution is -2.05. The number of nitrogens with two attached hydrogens (primary N) is 1. The SMILES string of the molecule is Cc1nc2sccn2c1CCN. The predicted molar refractivity (Wildman–Crippen MR) is 50.6 cm³/mol. The monoisotopic (exact) mass is 181 g/mol. The Morgan fingerprint density at radius 2 is 2.50 bits per heavy atom. The molecule has 0 aliphatic rings. The maximum absolute atomic E-state index is 5.51. The molecule has 2 aromatic rings. The van der Waals surface area contributed by atoms with E-state index in [1.807, 2.05) is 18.5 Å². The Morgan fingerprint density at radius 3 is 3.25 bits per heavy atom. The van der Waals surface area contributed by atoms with Crippen LogP contribution in [-0.2, 0) is 6.42 Å². The van der Waals surface area contributed by atoms with Crippen molar-refractivity contribution < 1.29 is 0 Å². The summed E-state index contributed by atoms with van der Waals surface area (Å²) in [6, 6.07) is 0. The van der Waals surface area contributed by atoms with E-state index in [1.165, 1.54) is 5.69 Å². The van der Waals surface area contributed by atoms with Crippen molar-refractivity contribution in [3.8, 4) is 0 Å². The standard InChI is InChI=1S/C8H11N3S/c1-6-7(2-3-9)11-4-5-12-8(11)10-6/h4-5H,2-3,9H2,1H3. The number of nitrogens with zero attached hydrogens (tertiary/aromatic N) is 2. The van der Waals surface area contributed by atoms with Gasteiger partial charge in [-0.05, 0) is 13.5 Å². The summed E-state index contributed by atoms with van der Waals surface area (Å²) in [5.41, 5.74) is 7.86. The predicted octanol–water partition coefficient (Wildman–Crippen LogP) is 1.21. The van der Waals surface area contributed by atoms with Crippen LogP contribution < -0.4 is 5.73 Å². The average molecular weight is 181 g/mol. The molecule has 12 heavy (non-hydrogen) atoms. The number of hydrogen-bond donors (Lipinski definition) is 1. The molecular formula is C8H11N3S. The Balaban J connectivity index is 2.59. The molecule has 0 aromatic carbocycles. The summed E-state index contributed by atoms with van der Waals surface area (Å²) in [7, 11) is 0. The molecule has 0 unspecified atom stereocenters. The minimum Gasteiger partial charge on any atom is -0.330 e. The van der Waals surface area contributed by atoms with Gasteiger partial charge in [0.25, 0.3) is 0 Å². The van der Waals surface area contributed by atoms with Crippen LogP contribution in [0.3, 0.4) is 0 Å². The third-order valence-corrected chi connectivity index (χ3v) is 2.70. The van der Waals surface area contributed by atoms with E-state index in [0.717, 1.165) is 17.1 Å². The Labute approximate surface area is 74.8 Å². The second-order valence-corrected chi connectivity index (χ2v) is 3.61. The highest BCUT2D eigenvalue weighted by molar-refractivity contribution is 7.15. The first-order chi connectivity index (χ1) is 5.83. The zero-order valence-electron chi connectivity index (χ0n) is 6.95. The molecule has 0 saturated heterocycles. The van der Waals surface area contributed by atoms with E-state index in [4.69, 9.17) is 5.73 Å². The quantitative estimate of drug-likeness (QED) is 0.756. The van der Waals surface area contributed by atoms with E-state index in [2.05, 4.69) is 9.38 Å². The van der Waals surface area contributed by atoms with Crippen molar-refractivity contribution in [2.45, 2.75) is 13.3 Å². The zero-order chi connectivity index (χ0) is 8.55. The first kappa shape index (κ1) is 7.76. The lowest BCUT2D eigenvalue weighted by molar-refractivity contribution is 0.897. The summed E-state index contributed by atoms with van der Waals surface area (Å²) in [4.78, 5) is 5.48. The van der Waals surface area contributed by atoms with Crippen molar-refractivity contribution in [3.05, 3.63) is 23.0 Å². The van der Waals surface area contributed by atoms with Gasteiger partial charge in [-0.15, -0.1) is 11.3 Å². The highest BCUT2D eigenvalue weighted by Crippen LogP contribution is 2.16. The summed E-state index contributed by atoms with van der Waals surface area (Å²) < 4.78 is 2.12. The van der Waals surface area contributed by atoms with E-state index >= 15 is 0 Å². The second kappa shape index (κ2) is 2.88. The van der Waals surface area contributed by atoms with E-state index < -0.39 is 0 Å². The van der Waals surface area contributed by atoms with Gasteiger partial charge in [-0.1, -0.05) is 0 Å². The molecule has 3 nitrogen and oxygen atoms in total. The molecular weight excluding hydrogens is 170 g/mol. The summed E-state index contributed by atoms with van der Waals surface area (Å²) in [5, 5.41) is 2.04. The first-order valence-electron chi connectivity index (χ1n) is 3.94. The summed E-state index contributed by atoms with van der Waals surface area (Å²) in [6.07, 6.45) is 2.95. The van der Waals surface area contributed by atoms with Crippen LogP contribution in [0.15, 0.2) is 11.6 Å². The average Bonchev–Trinajstić information content (AvgIpc) is 2.56. The molecule has 0 atom stereocenters. The number of fused-ring (bicyclic) bond motifs is 1. The van der Waals surface area contributed by atoms with Gasteiger partial charge in [0.1, 0.15) is 0 Å². The molecule has 0 fully saturated rings. The number of aromatic nitrogens is 2. The molecule has 4 heteroatoms. The maximum atomic E-state index is 5.51. The molecule has 0 saturated carbocycles. The number of imidazole rings is 1. The molecule has 0 amide bonds. The molecule has 2 heterocycles. The van der Waals surface area contributed by atoms with Gasteiger partial charge >= 0.3 is 0 Å². The van der Waals surface area contributed by atoms with E-state index in [1.54, 1.807) is 11.3 Å². The topological polar surface area (TPSA) is 43.3 Å². The fourth-order valence-electron chi connectivity index (χ4n) is 1.38. The summed E-state index contributed by atoms with van der Waals surface area (Å²) >= 11 is 1.66. The largest absolute Gasteiger partial charge is 0.330 e. The fourth-order valence-corrected chi connectivity index (χ4v) is 2.16. The third kappa shape index (κ3) is 1.04. The molecule has 2 N–H and O–H groups in total. The normalized spacial score (nSPS) is 11.2. The van der Waals surface area contributed by atoms with Crippen molar-refractivity contribution >= 4 is 16.3 Å². The van der Waals surface area contributed by atoms with Gasteiger partial charge in [-0.25, -0.2) is 4.98 Å². The van der Waals surface area contributed by atoms with Crippen molar-refractivity contribution in [2.75, 3.05) is 6.54 Å². The van der Waals surface area contributed by atoms with Crippen LogP contribution in [0.1, 0.15) is 11.4 Å². The lowest BCUT2D eigenvalue weighted by atomic mass is 10.2. The first-order valence-corrected chi connectivity index (χ1v) is 4.82. The van der Waals surface area contributed by atoms with Crippen LogP contribution in [0.2, 0.25) is 0 Å². The van der Waals surface area contributed by atoms with Crippen LogP contribution in [0.4, 0.5) is 0 Å². The molecule has 0 radical (unpaired) electrons. The highest BCUT2D eigenvalue weighted by atomic mass is 32.1. The molecule has 0 bridgehead atoms. The Morgan fingerprint density at radius 1 is 1.67 bits per heavy atom. The van der Waals surface area contributed by atoms with Crippen molar-refractivity contribution in [2.24, 2.45) is 5.73 Å². The minimum atomic E-state index is 0.685. The van der Waals surface area contributed by atoms with Gasteiger partial charge in [0.2, 0.25) is 0 Å². The van der Waals surface area contributed by atoms with Gasteiger partial charge in [0, 0.05) is 23.7 Å². The molecule has 0 aliphatic heterocycles. The van der Waals surface area contributed by atoms with E-state index in [9.17, 15) is 0 Å². The Kier molecular flexibility index (Phi) is 1.86. The Hall–Kier alpha value is -0.870. The molecule has 0 aliphatic carbocycles. The number of hydrogen-bond acceptors (Lipinski definition) is 3. The Bertz CT molecular complexity index is 388. The molecule has 64 valence electrons. The smallest absolute Gasteiger partial charge is 0.194 e. The number of rotatable bonds is 2. The maximum Gasteiger partial charge on any atom is 0.194 e. The van der Waals surface area contributed by atoms with Crippen molar-refractivity contribution in [3.63, 3.8) is 0 Å². The fraction of sp³-hybridized carbons (Fsp3) is 0.375. The van der Waals surface area contributed by atoms with Crippen LogP contribution in [-0.4, -0.2) is 15.9 Å². The van der Waals surface area contributed by atoms with Gasteiger partial charge in [-0.2, -0.15) is 0 Å². The van der Waals surface area contributed by atoms with Gasteiger partial charge < -0.3 is 5.73 Å². The summed E-state index contributed by atoms with van der Waals surface area (Å²) in [5.74, 6) is 0. The van der Waals surface area contributed by atoms with Crippen molar-refractivity contribution in [1.29, 1.82) is 0 Å². The van der Waals surface area contributed by atoms with E-state index in [0.29, 0.717) is 6.54 Å². The van der Waals surface area contributed by atoms with Gasteiger partial charge in [0.05, 0.1) is 5.69 Å². The van der Waals surface area contributed by atoms with Crippen LogP contribution in [0, 0.1) is 6.92 Å². The van der Waals surface area contributed by atoms with Crippen LogP contribution in [0.25, 0.3) is 4.96 Å². The number of thiazole rings is 1. The lowest BCUT2D eigenvalue weighted by Gasteiger charge is -1.96. The second-order valence-electron chi connectivity index (χ2n) is 2.74. The third-order valence-electron chi connectivity index (χ3n) is 1.94. The summed E-state index contributed by atoms with van der Waals surface area (Å²) in [6.45, 7) is 2.72. The molecule has 2 rings (SSSR count). The van der Waals surface area contributed by atoms with Crippen LogP contribution in [0.5, 0.6) is 0 Å². The number of aryl methyl sites for hydroxylation is 1. The van der Waals surface area contributed by atoms with Gasteiger partial charge in [0.15, 0.2) is 4.96 Å².